The van der Waals surface area contributed by atoms with Gasteiger partial charge in [-0.2, -0.15) is 18.2 Å². The third-order valence-electron chi connectivity index (χ3n) is 5.77. The monoisotopic (exact) mass is 461 g/mol. The number of aromatic nitrogens is 2. The highest BCUT2D eigenvalue weighted by Crippen LogP contribution is 2.31. The van der Waals surface area contributed by atoms with Gasteiger partial charge in [0.1, 0.15) is 11.6 Å². The number of carbonyl (C=O) groups excluding carboxylic acids is 1. The smallest absolute Gasteiger partial charge is 0.372 e. The molecule has 0 unspecified atom stereocenters. The first-order valence-electron chi connectivity index (χ1n) is 10.6. The summed E-state index contributed by atoms with van der Waals surface area (Å²) in [5.41, 5.74) is -0.851. The molecule has 1 aromatic heterocycles. The van der Waals surface area contributed by atoms with Crippen LogP contribution in [0.3, 0.4) is 0 Å². The number of halogens is 4. The molecule has 4 rings (SSSR count). The van der Waals surface area contributed by atoms with Crippen LogP contribution < -0.4 is 16.0 Å². The van der Waals surface area contributed by atoms with E-state index in [1.165, 1.54) is 0 Å². The van der Waals surface area contributed by atoms with Crippen LogP contribution in [0.1, 0.15) is 41.6 Å². The largest absolute Gasteiger partial charge is 0.416 e. The van der Waals surface area contributed by atoms with Crippen molar-refractivity contribution in [1.29, 1.82) is 0 Å². The van der Waals surface area contributed by atoms with Crippen LogP contribution in [0.15, 0.2) is 42.5 Å². The average molecular weight is 461 g/mol. The molecule has 174 valence electrons. The van der Waals surface area contributed by atoms with E-state index in [-0.39, 0.29) is 12.1 Å². The molecule has 1 saturated carbocycles. The third kappa shape index (κ3) is 5.15. The molecule has 0 spiro atoms. The summed E-state index contributed by atoms with van der Waals surface area (Å²) in [6.07, 6.45) is -2.07. The maximum atomic E-state index is 14.0. The Labute approximate surface area is 187 Å². The quantitative estimate of drug-likeness (QED) is 0.467. The predicted molar refractivity (Wildman–Crippen MR) is 118 cm³/mol. The minimum Gasteiger partial charge on any atom is -0.372 e. The van der Waals surface area contributed by atoms with Gasteiger partial charge in [0.25, 0.3) is 5.91 Å². The van der Waals surface area contributed by atoms with Gasteiger partial charge in [0, 0.05) is 24.5 Å². The van der Waals surface area contributed by atoms with Crippen LogP contribution in [-0.4, -0.2) is 35.0 Å². The van der Waals surface area contributed by atoms with Crippen molar-refractivity contribution in [1.82, 2.24) is 15.3 Å². The first-order chi connectivity index (χ1) is 15.7. The highest BCUT2D eigenvalue weighted by Gasteiger charge is 2.32. The van der Waals surface area contributed by atoms with E-state index in [0.29, 0.717) is 55.6 Å². The van der Waals surface area contributed by atoms with Gasteiger partial charge in [0.15, 0.2) is 0 Å². The number of nitrogens with zero attached hydrogens (tertiary/aromatic N) is 2. The second-order valence-corrected chi connectivity index (χ2v) is 8.02. The number of hydrogen-bond acceptors (Lipinski definition) is 5. The Hall–Kier alpha value is -3.43. The Balaban J connectivity index is 1.37. The van der Waals surface area contributed by atoms with Crippen molar-refractivity contribution < 1.29 is 22.4 Å². The standard InChI is InChI=1S/C23H23F4N5O/c1-28-20-16-4-2-3-5-19(16)31-22(32-20)30-15-9-7-14(8-10-15)29-21(33)17-12-13(23(25,26)27)6-11-18(17)24/h2-6,11-12,14-15H,7-10H2,1H3,(H,29,33)(H2,28,30,31,32). The van der Waals surface area contributed by atoms with E-state index < -0.39 is 29.0 Å². The summed E-state index contributed by atoms with van der Waals surface area (Å²) in [6, 6.07) is 9.33. The van der Waals surface area contributed by atoms with Crippen molar-refractivity contribution in [2.24, 2.45) is 0 Å². The molecule has 0 radical (unpaired) electrons. The maximum absolute atomic E-state index is 14.0. The Bertz CT molecular complexity index is 1160. The lowest BCUT2D eigenvalue weighted by Gasteiger charge is -2.30. The maximum Gasteiger partial charge on any atom is 0.416 e. The lowest BCUT2D eigenvalue weighted by Crippen LogP contribution is -2.40. The van der Waals surface area contributed by atoms with E-state index in [1.807, 2.05) is 24.3 Å². The van der Waals surface area contributed by atoms with Gasteiger partial charge in [0.05, 0.1) is 16.6 Å². The Morgan fingerprint density at radius 3 is 2.39 bits per heavy atom. The first kappa shape index (κ1) is 22.8. The van der Waals surface area contributed by atoms with Crippen molar-refractivity contribution in [3.05, 3.63) is 59.4 Å². The van der Waals surface area contributed by atoms with Crippen LogP contribution in [-0.2, 0) is 6.18 Å². The van der Waals surface area contributed by atoms with Crippen molar-refractivity contribution in [3.63, 3.8) is 0 Å². The molecular formula is C23H23F4N5O. The molecule has 1 aliphatic carbocycles. The molecule has 1 amide bonds. The normalized spacial score (nSPS) is 18.7. The van der Waals surface area contributed by atoms with Gasteiger partial charge in [-0.15, -0.1) is 0 Å². The Morgan fingerprint density at radius 2 is 1.70 bits per heavy atom. The second kappa shape index (κ2) is 9.21. The number of rotatable bonds is 5. The van der Waals surface area contributed by atoms with Gasteiger partial charge in [-0.05, 0) is 56.0 Å². The minimum atomic E-state index is -4.65. The number of benzene rings is 2. The van der Waals surface area contributed by atoms with E-state index >= 15 is 0 Å². The summed E-state index contributed by atoms with van der Waals surface area (Å²) in [4.78, 5) is 21.5. The lowest BCUT2D eigenvalue weighted by molar-refractivity contribution is -0.137. The highest BCUT2D eigenvalue weighted by molar-refractivity contribution is 5.95. The fourth-order valence-corrected chi connectivity index (χ4v) is 4.04. The van der Waals surface area contributed by atoms with Crippen LogP contribution >= 0.6 is 0 Å². The van der Waals surface area contributed by atoms with E-state index in [1.54, 1.807) is 7.05 Å². The average Bonchev–Trinajstić information content (AvgIpc) is 2.79. The van der Waals surface area contributed by atoms with Gasteiger partial charge < -0.3 is 16.0 Å². The topological polar surface area (TPSA) is 78.9 Å². The highest BCUT2D eigenvalue weighted by atomic mass is 19.4. The third-order valence-corrected chi connectivity index (χ3v) is 5.77. The molecule has 6 nitrogen and oxygen atoms in total. The number of para-hydroxylation sites is 1. The van der Waals surface area contributed by atoms with E-state index in [0.717, 1.165) is 10.9 Å². The van der Waals surface area contributed by atoms with Crippen LogP contribution in [0.25, 0.3) is 10.9 Å². The Kier molecular flexibility index (Phi) is 6.35. The van der Waals surface area contributed by atoms with Gasteiger partial charge >= 0.3 is 6.18 Å². The molecule has 33 heavy (non-hydrogen) atoms. The summed E-state index contributed by atoms with van der Waals surface area (Å²) >= 11 is 0. The molecule has 0 aliphatic heterocycles. The zero-order chi connectivity index (χ0) is 23.6. The van der Waals surface area contributed by atoms with Crippen LogP contribution in [0.5, 0.6) is 0 Å². The number of carbonyl (C=O) groups is 1. The van der Waals surface area contributed by atoms with Gasteiger partial charge in [-0.3, -0.25) is 4.79 Å². The predicted octanol–water partition coefficient (Wildman–Crippen LogP) is 4.98. The molecule has 0 atom stereocenters. The summed E-state index contributed by atoms with van der Waals surface area (Å²) in [7, 11) is 1.79. The molecule has 0 bridgehead atoms. The number of fused-ring (bicyclic) bond motifs is 1. The summed E-state index contributed by atoms with van der Waals surface area (Å²) < 4.78 is 52.7. The summed E-state index contributed by atoms with van der Waals surface area (Å²) in [5.74, 6) is -0.611. The fraction of sp³-hybridized carbons (Fsp3) is 0.348. The Morgan fingerprint density at radius 1 is 1.00 bits per heavy atom. The summed E-state index contributed by atoms with van der Waals surface area (Å²) in [6.45, 7) is 0. The number of amides is 1. The molecule has 1 heterocycles. The molecule has 0 saturated heterocycles. The van der Waals surface area contributed by atoms with Crippen molar-refractivity contribution in [3.8, 4) is 0 Å². The van der Waals surface area contributed by atoms with Crippen molar-refractivity contribution in [2.45, 2.75) is 43.9 Å². The molecule has 10 heteroatoms. The first-order valence-corrected chi connectivity index (χ1v) is 10.6. The SMILES string of the molecule is CNc1nc(NC2CCC(NC(=O)c3cc(C(F)(F)F)ccc3F)CC2)nc2ccccc12. The van der Waals surface area contributed by atoms with Crippen LogP contribution in [0, 0.1) is 5.82 Å². The molecule has 1 fully saturated rings. The zero-order valence-electron chi connectivity index (χ0n) is 17.8. The number of anilines is 2. The molecule has 3 aromatic rings. The van der Waals surface area contributed by atoms with Gasteiger partial charge in [-0.25, -0.2) is 9.37 Å². The zero-order valence-corrected chi connectivity index (χ0v) is 17.8. The van der Waals surface area contributed by atoms with E-state index in [4.69, 9.17) is 0 Å². The van der Waals surface area contributed by atoms with E-state index in [9.17, 15) is 22.4 Å². The molecular weight excluding hydrogens is 438 g/mol. The second-order valence-electron chi connectivity index (χ2n) is 8.02. The van der Waals surface area contributed by atoms with Gasteiger partial charge in [-0.1, -0.05) is 12.1 Å². The molecule has 2 aromatic carbocycles. The number of nitrogens with one attached hydrogen (secondary N) is 3. The summed E-state index contributed by atoms with van der Waals surface area (Å²) in [5, 5.41) is 9.98. The van der Waals surface area contributed by atoms with Crippen LogP contribution in [0.2, 0.25) is 0 Å². The number of alkyl halides is 3. The molecule has 1 aliphatic rings. The van der Waals surface area contributed by atoms with Crippen LogP contribution in [0.4, 0.5) is 29.3 Å². The van der Waals surface area contributed by atoms with Crippen molar-refractivity contribution >= 4 is 28.6 Å². The van der Waals surface area contributed by atoms with Gasteiger partial charge in [0.2, 0.25) is 5.95 Å². The minimum absolute atomic E-state index is 0.0781. The number of hydrogen-bond donors (Lipinski definition) is 3. The van der Waals surface area contributed by atoms with Crippen molar-refractivity contribution in [2.75, 3.05) is 17.7 Å². The fourth-order valence-electron chi connectivity index (χ4n) is 4.04. The lowest BCUT2D eigenvalue weighted by atomic mass is 9.91. The van der Waals surface area contributed by atoms with E-state index in [2.05, 4.69) is 25.9 Å². The molecule has 3 N–H and O–H groups in total.